The normalized spacial score (nSPS) is 16.8. The van der Waals surface area contributed by atoms with Gasteiger partial charge in [0.15, 0.2) is 5.84 Å². The minimum atomic E-state index is 0.723. The summed E-state index contributed by atoms with van der Waals surface area (Å²) in [7, 11) is 0. The Labute approximate surface area is 341 Å². The average molecular weight is 756 g/mol. The summed E-state index contributed by atoms with van der Waals surface area (Å²) in [5, 5.41) is 5.89. The number of amidine groups is 1. The molecule has 12 rings (SSSR count). The van der Waals surface area contributed by atoms with Crippen LogP contribution in [0.2, 0.25) is 0 Å². The molecule has 278 valence electrons. The summed E-state index contributed by atoms with van der Waals surface area (Å²) < 4.78 is 9.61. The molecule has 2 aliphatic rings. The van der Waals surface area contributed by atoms with Gasteiger partial charge in [0.2, 0.25) is 0 Å². The number of fused-ring (bicyclic) bond motifs is 6. The third kappa shape index (κ3) is 5.16. The van der Waals surface area contributed by atoms with E-state index in [1.54, 1.807) is 0 Å². The molecule has 10 aromatic rings. The molecule has 3 heterocycles. The second-order valence-electron chi connectivity index (χ2n) is 15.6. The molecule has 0 spiro atoms. The van der Waals surface area contributed by atoms with Crippen LogP contribution >= 0.6 is 0 Å². The summed E-state index contributed by atoms with van der Waals surface area (Å²) >= 11 is 0. The van der Waals surface area contributed by atoms with E-state index >= 15 is 0 Å². The van der Waals surface area contributed by atoms with Gasteiger partial charge in [-0.2, -0.15) is 0 Å². The van der Waals surface area contributed by atoms with Crippen LogP contribution in [0.5, 0.6) is 0 Å². The van der Waals surface area contributed by atoms with Crippen LogP contribution in [0.3, 0.4) is 0 Å². The summed E-state index contributed by atoms with van der Waals surface area (Å²) in [6.07, 6.45) is 1.64. The Hall–Kier alpha value is -7.56. The summed E-state index contributed by atoms with van der Waals surface area (Å²) in [4.78, 5) is 10.7. The van der Waals surface area contributed by atoms with Crippen molar-refractivity contribution in [2.45, 2.75) is 19.8 Å². The molecule has 0 unspecified atom stereocenters. The first-order valence-corrected chi connectivity index (χ1v) is 20.4. The Morgan fingerprint density at radius 1 is 0.492 bits per heavy atom. The Bertz CT molecular complexity index is 3420. The molecule has 4 nitrogen and oxygen atoms in total. The van der Waals surface area contributed by atoms with Crippen LogP contribution in [0.15, 0.2) is 202 Å². The molecule has 0 radical (unpaired) electrons. The third-order valence-corrected chi connectivity index (χ3v) is 12.2. The van der Waals surface area contributed by atoms with Crippen LogP contribution < -0.4 is 0 Å². The van der Waals surface area contributed by atoms with Gasteiger partial charge >= 0.3 is 0 Å². The van der Waals surface area contributed by atoms with Crippen molar-refractivity contribution in [3.63, 3.8) is 0 Å². The lowest BCUT2D eigenvalue weighted by Crippen LogP contribution is -2.11. The lowest BCUT2D eigenvalue weighted by Gasteiger charge is -2.17. The Morgan fingerprint density at radius 3 is 1.90 bits per heavy atom. The average Bonchev–Trinajstić information content (AvgIpc) is 3.83. The largest absolute Gasteiger partial charge is 0.455 e. The van der Waals surface area contributed by atoms with Crippen molar-refractivity contribution in [1.29, 1.82) is 0 Å². The van der Waals surface area contributed by atoms with Gasteiger partial charge in [-0.05, 0) is 65.8 Å². The lowest BCUT2D eigenvalue weighted by molar-refractivity contribution is 0.636. The van der Waals surface area contributed by atoms with Crippen LogP contribution in [0, 0.1) is 0 Å². The molecule has 0 saturated carbocycles. The number of allylic oxidation sites excluding steroid dienone is 1. The summed E-state index contributed by atoms with van der Waals surface area (Å²) in [5.41, 5.74) is 16.7. The second-order valence-corrected chi connectivity index (χ2v) is 15.6. The minimum absolute atomic E-state index is 0.723. The highest BCUT2D eigenvalue weighted by molar-refractivity contribution is 6.38. The smallest absolute Gasteiger partial charge is 0.160 e. The van der Waals surface area contributed by atoms with Crippen molar-refractivity contribution in [3.05, 3.63) is 204 Å². The van der Waals surface area contributed by atoms with Crippen LogP contribution in [-0.2, 0) is 0 Å². The Balaban J connectivity index is 1.14. The molecule has 0 fully saturated rings. The van der Waals surface area contributed by atoms with Crippen molar-refractivity contribution in [1.82, 2.24) is 4.57 Å². The highest BCUT2D eigenvalue weighted by Gasteiger charge is 2.31. The maximum absolute atomic E-state index is 7.12. The molecular formula is C55H37N3O. The monoisotopic (exact) mass is 755 g/mol. The zero-order valence-electron chi connectivity index (χ0n) is 32.5. The molecule has 0 bridgehead atoms. The van der Waals surface area contributed by atoms with E-state index in [9.17, 15) is 0 Å². The first kappa shape index (κ1) is 33.6. The van der Waals surface area contributed by atoms with Gasteiger partial charge in [-0.25, -0.2) is 9.98 Å². The van der Waals surface area contributed by atoms with Crippen molar-refractivity contribution >= 4 is 60.8 Å². The standard InChI is InChI=1S/C55H37N3O/c1-34-31-32-45(56-55(37-21-9-4-10-22-37)57-51(34)35-17-5-2-6-18-35)38-23-15-24-39(33-38)58-46-30-16-29-41-40-25-11-12-26-42(40)48-50-49(47(41)46)52(58)43-27-13-14-28-44(43)54(50)59-53(48)36-19-7-3-8-20-36/h2-30,33H,31-32H2,1H3/b51-34+,56-45+,57-55-. The van der Waals surface area contributed by atoms with Gasteiger partial charge in [0.05, 0.1) is 22.4 Å². The quantitative estimate of drug-likeness (QED) is 0.172. The molecule has 4 heteroatoms. The first-order chi connectivity index (χ1) is 29.2. The molecule has 0 N–H and O–H groups in total. The van der Waals surface area contributed by atoms with E-state index in [0.29, 0.717) is 0 Å². The van der Waals surface area contributed by atoms with Crippen LogP contribution in [0.4, 0.5) is 0 Å². The van der Waals surface area contributed by atoms with E-state index in [1.165, 1.54) is 43.9 Å². The van der Waals surface area contributed by atoms with Crippen molar-refractivity contribution in [3.8, 4) is 39.3 Å². The Kier molecular flexibility index (Phi) is 7.54. The number of benzene rings is 8. The fourth-order valence-electron chi connectivity index (χ4n) is 9.55. The van der Waals surface area contributed by atoms with Gasteiger partial charge in [-0.3, -0.25) is 0 Å². The number of hydrogen-bond donors (Lipinski definition) is 0. The number of nitrogens with zero attached hydrogens (tertiary/aromatic N) is 3. The number of rotatable bonds is 5. The van der Waals surface area contributed by atoms with E-state index in [0.717, 1.165) is 91.2 Å². The SMILES string of the molecule is C\C1=C(c2ccccc2)/N=C(c2ccccc2)\N=C(\c2cccc(-n3c4cccc5c4c4c6c(c(-c7ccccc7)oc6c6ccccc6c43)-c3ccccc3-5)c2)CC1. The fraction of sp³-hybridized carbons (Fsp3) is 0.0545. The van der Waals surface area contributed by atoms with E-state index in [-0.39, 0.29) is 0 Å². The fourth-order valence-corrected chi connectivity index (χ4v) is 9.55. The predicted octanol–water partition coefficient (Wildman–Crippen LogP) is 14.5. The minimum Gasteiger partial charge on any atom is -0.455 e. The number of hydrogen-bond acceptors (Lipinski definition) is 3. The van der Waals surface area contributed by atoms with Crippen LogP contribution in [-0.4, -0.2) is 16.1 Å². The number of furan rings is 1. The third-order valence-electron chi connectivity index (χ3n) is 12.2. The molecule has 8 aromatic carbocycles. The maximum atomic E-state index is 7.12. The van der Waals surface area contributed by atoms with E-state index < -0.39 is 0 Å². The number of aromatic nitrogens is 1. The highest BCUT2D eigenvalue weighted by Crippen LogP contribution is 2.55. The van der Waals surface area contributed by atoms with Crippen LogP contribution in [0.1, 0.15) is 36.5 Å². The second kappa shape index (κ2) is 13.3. The Morgan fingerprint density at radius 2 is 1.12 bits per heavy atom. The van der Waals surface area contributed by atoms with Crippen molar-refractivity contribution in [2.75, 3.05) is 0 Å². The van der Waals surface area contributed by atoms with Gasteiger partial charge in [-0.1, -0.05) is 164 Å². The maximum Gasteiger partial charge on any atom is 0.160 e. The van der Waals surface area contributed by atoms with E-state index in [1.807, 2.05) is 6.07 Å². The predicted molar refractivity (Wildman–Crippen MR) is 246 cm³/mol. The van der Waals surface area contributed by atoms with Crippen molar-refractivity contribution in [2.24, 2.45) is 9.98 Å². The molecule has 1 aliphatic carbocycles. The molecule has 0 amide bonds. The highest BCUT2D eigenvalue weighted by atomic mass is 16.3. The van der Waals surface area contributed by atoms with Gasteiger partial charge in [0.1, 0.15) is 11.3 Å². The topological polar surface area (TPSA) is 42.8 Å². The number of aliphatic imine (C=N–C) groups is 2. The molecule has 59 heavy (non-hydrogen) atoms. The van der Waals surface area contributed by atoms with E-state index in [4.69, 9.17) is 14.4 Å². The molecule has 2 aromatic heterocycles. The molecule has 1 aliphatic heterocycles. The molecule has 0 atom stereocenters. The van der Waals surface area contributed by atoms with Gasteiger partial charge in [0, 0.05) is 54.9 Å². The van der Waals surface area contributed by atoms with Crippen LogP contribution in [0.25, 0.3) is 88.5 Å². The molecular weight excluding hydrogens is 719 g/mol. The van der Waals surface area contributed by atoms with Gasteiger partial charge in [0.25, 0.3) is 0 Å². The van der Waals surface area contributed by atoms with Gasteiger partial charge in [-0.15, -0.1) is 0 Å². The van der Waals surface area contributed by atoms with Gasteiger partial charge < -0.3 is 8.98 Å². The summed E-state index contributed by atoms with van der Waals surface area (Å²) in [6.45, 7) is 2.21. The van der Waals surface area contributed by atoms with Crippen molar-refractivity contribution < 1.29 is 4.42 Å². The summed E-state index contributed by atoms with van der Waals surface area (Å²) in [5.74, 6) is 1.63. The van der Waals surface area contributed by atoms with E-state index in [2.05, 4.69) is 187 Å². The molecule has 0 saturated heterocycles. The zero-order valence-corrected chi connectivity index (χ0v) is 32.5. The first-order valence-electron chi connectivity index (χ1n) is 20.4. The lowest BCUT2D eigenvalue weighted by atomic mass is 9.92. The zero-order chi connectivity index (χ0) is 39.0. The summed E-state index contributed by atoms with van der Waals surface area (Å²) in [6, 6.07) is 64.8.